The van der Waals surface area contributed by atoms with Crippen LogP contribution in [0.4, 0.5) is 13.2 Å². The van der Waals surface area contributed by atoms with Gasteiger partial charge in [0.25, 0.3) is 5.91 Å². The molecule has 0 bridgehead atoms. The Labute approximate surface area is 119 Å². The van der Waals surface area contributed by atoms with Crippen LogP contribution in [0.5, 0.6) is 5.75 Å². The maximum absolute atomic E-state index is 11.9. The molecule has 4 nitrogen and oxygen atoms in total. The number of ether oxygens (including phenoxy) is 1. The van der Waals surface area contributed by atoms with E-state index in [0.717, 1.165) is 18.4 Å². The topological polar surface area (TPSA) is 55.4 Å². The molecule has 0 unspecified atom stereocenters. The minimum absolute atomic E-state index is 0.0169. The van der Waals surface area contributed by atoms with Crippen LogP contribution in [0.15, 0.2) is 18.2 Å². The molecule has 7 heteroatoms. The van der Waals surface area contributed by atoms with Crippen molar-refractivity contribution < 1.29 is 27.5 Å². The molecule has 0 saturated carbocycles. The van der Waals surface area contributed by atoms with E-state index in [1.54, 1.807) is 17.4 Å². The van der Waals surface area contributed by atoms with Gasteiger partial charge in [0, 0.05) is 12.0 Å². The zero-order chi connectivity index (χ0) is 15.5. The largest absolute Gasteiger partial charge is 0.484 e. The summed E-state index contributed by atoms with van der Waals surface area (Å²) in [5.74, 6) is -0.550. The molecule has 2 rings (SSSR count). The average Bonchev–Trinajstić information content (AvgIpc) is 2.43. The highest BCUT2D eigenvalue weighted by atomic mass is 19.4. The molecule has 1 N–H and O–H groups in total. The van der Waals surface area contributed by atoms with E-state index in [2.05, 4.69) is 0 Å². The van der Waals surface area contributed by atoms with Gasteiger partial charge in [0.1, 0.15) is 12.3 Å². The number of rotatable bonds is 4. The lowest BCUT2D eigenvalue weighted by Crippen LogP contribution is -2.36. The Balaban J connectivity index is 1.90. The van der Waals surface area contributed by atoms with Gasteiger partial charge >= 0.3 is 6.18 Å². The molecule has 0 saturated heterocycles. The fraction of sp³-hybridized carbons (Fsp3) is 0.429. The Morgan fingerprint density at radius 1 is 1.29 bits per heavy atom. The van der Waals surface area contributed by atoms with Gasteiger partial charge < -0.3 is 10.1 Å². The summed E-state index contributed by atoms with van der Waals surface area (Å²) in [7, 11) is 0. The molecule has 0 atom stereocenters. The molecule has 0 spiro atoms. The zero-order valence-corrected chi connectivity index (χ0v) is 11.1. The molecule has 0 aromatic heterocycles. The first-order chi connectivity index (χ1) is 9.85. The monoisotopic (exact) mass is 301 g/mol. The van der Waals surface area contributed by atoms with Crippen LogP contribution in [0, 0.1) is 0 Å². The highest BCUT2D eigenvalue weighted by Gasteiger charge is 2.27. The molecule has 21 heavy (non-hydrogen) atoms. The summed E-state index contributed by atoms with van der Waals surface area (Å²) >= 11 is 0. The Morgan fingerprint density at radius 3 is 2.76 bits per heavy atom. The first-order valence-electron chi connectivity index (χ1n) is 6.47. The third-order valence-corrected chi connectivity index (χ3v) is 3.09. The Kier molecular flexibility index (Phi) is 4.50. The van der Waals surface area contributed by atoms with Gasteiger partial charge in [0.2, 0.25) is 0 Å². The SMILES string of the molecule is O=C(COc1ccc2c(c1)C(=O)CCC2)NCC(F)(F)F. The number of Topliss-reactive ketones (excluding diaryl/α,β-unsaturated/α-hetero) is 1. The van der Waals surface area contributed by atoms with Crippen LogP contribution < -0.4 is 10.1 Å². The van der Waals surface area contributed by atoms with E-state index in [1.165, 1.54) is 6.07 Å². The van der Waals surface area contributed by atoms with Crippen LogP contribution in [0.2, 0.25) is 0 Å². The summed E-state index contributed by atoms with van der Waals surface area (Å²) in [5.41, 5.74) is 1.49. The lowest BCUT2D eigenvalue weighted by Gasteiger charge is -2.16. The van der Waals surface area contributed by atoms with E-state index in [4.69, 9.17) is 4.74 Å². The molecule has 1 aromatic rings. The Bertz CT molecular complexity index is 555. The molecule has 1 aliphatic rings. The molecule has 1 aromatic carbocycles. The summed E-state index contributed by atoms with van der Waals surface area (Å²) in [6.07, 6.45) is -2.35. The van der Waals surface area contributed by atoms with Gasteiger partial charge in [0.15, 0.2) is 12.4 Å². The van der Waals surface area contributed by atoms with Crippen molar-refractivity contribution in [1.82, 2.24) is 5.32 Å². The van der Waals surface area contributed by atoms with Crippen LogP contribution in [-0.2, 0) is 11.2 Å². The van der Waals surface area contributed by atoms with E-state index in [0.29, 0.717) is 17.7 Å². The summed E-state index contributed by atoms with van der Waals surface area (Å²) in [6.45, 7) is -1.92. The maximum atomic E-state index is 11.9. The van der Waals surface area contributed by atoms with Gasteiger partial charge in [-0.15, -0.1) is 0 Å². The summed E-state index contributed by atoms with van der Waals surface area (Å²) in [5, 5.41) is 1.71. The third kappa shape index (κ3) is 4.47. The van der Waals surface area contributed by atoms with Crippen molar-refractivity contribution in [2.45, 2.75) is 25.4 Å². The van der Waals surface area contributed by atoms with Crippen molar-refractivity contribution in [3.63, 3.8) is 0 Å². The highest BCUT2D eigenvalue weighted by Crippen LogP contribution is 2.25. The van der Waals surface area contributed by atoms with Crippen molar-refractivity contribution in [1.29, 1.82) is 0 Å². The summed E-state index contributed by atoms with van der Waals surface area (Å²) in [4.78, 5) is 22.9. The average molecular weight is 301 g/mol. The minimum atomic E-state index is -4.45. The number of hydrogen-bond acceptors (Lipinski definition) is 3. The van der Waals surface area contributed by atoms with Crippen LogP contribution in [0.3, 0.4) is 0 Å². The summed E-state index contributed by atoms with van der Waals surface area (Å²) < 4.78 is 40.9. The van der Waals surface area contributed by atoms with Crippen molar-refractivity contribution in [2.24, 2.45) is 0 Å². The van der Waals surface area contributed by atoms with E-state index in [-0.39, 0.29) is 5.78 Å². The minimum Gasteiger partial charge on any atom is -0.484 e. The van der Waals surface area contributed by atoms with Crippen molar-refractivity contribution in [2.75, 3.05) is 13.2 Å². The molecular weight excluding hydrogens is 287 g/mol. The van der Waals surface area contributed by atoms with E-state index >= 15 is 0 Å². The van der Waals surface area contributed by atoms with Crippen LogP contribution >= 0.6 is 0 Å². The van der Waals surface area contributed by atoms with Crippen LogP contribution in [0.1, 0.15) is 28.8 Å². The number of aryl methyl sites for hydroxylation is 1. The molecule has 0 radical (unpaired) electrons. The first-order valence-corrected chi connectivity index (χ1v) is 6.47. The standard InChI is InChI=1S/C14H14F3NO3/c15-14(16,17)8-18-13(20)7-21-10-5-4-9-2-1-3-12(19)11(9)6-10/h4-6H,1-3,7-8H2,(H,18,20). The number of halogens is 3. The van der Waals surface area contributed by atoms with Gasteiger partial charge in [-0.3, -0.25) is 9.59 Å². The third-order valence-electron chi connectivity index (χ3n) is 3.09. The number of amides is 1. The van der Waals surface area contributed by atoms with Gasteiger partial charge in [-0.1, -0.05) is 6.07 Å². The van der Waals surface area contributed by atoms with Crippen molar-refractivity contribution in [3.8, 4) is 5.75 Å². The molecule has 0 fully saturated rings. The van der Waals surface area contributed by atoms with E-state index in [9.17, 15) is 22.8 Å². The number of nitrogens with one attached hydrogen (secondary N) is 1. The van der Waals surface area contributed by atoms with Crippen molar-refractivity contribution >= 4 is 11.7 Å². The van der Waals surface area contributed by atoms with Crippen LogP contribution in [0.25, 0.3) is 0 Å². The summed E-state index contributed by atoms with van der Waals surface area (Å²) in [6, 6.07) is 4.89. The number of carbonyl (C=O) groups excluding carboxylic acids is 2. The molecular formula is C14H14F3NO3. The number of hydrogen-bond donors (Lipinski definition) is 1. The first kappa shape index (κ1) is 15.3. The van der Waals surface area contributed by atoms with E-state index in [1.807, 2.05) is 0 Å². The second kappa shape index (κ2) is 6.15. The molecule has 0 aliphatic heterocycles. The predicted molar refractivity (Wildman–Crippen MR) is 68.3 cm³/mol. The number of carbonyl (C=O) groups is 2. The maximum Gasteiger partial charge on any atom is 0.405 e. The number of alkyl halides is 3. The normalized spacial score (nSPS) is 14.5. The highest BCUT2D eigenvalue weighted by molar-refractivity contribution is 5.98. The molecule has 1 aliphatic carbocycles. The fourth-order valence-electron chi connectivity index (χ4n) is 2.10. The fourth-order valence-corrected chi connectivity index (χ4v) is 2.10. The van der Waals surface area contributed by atoms with Crippen molar-refractivity contribution in [3.05, 3.63) is 29.3 Å². The zero-order valence-electron chi connectivity index (χ0n) is 11.1. The molecule has 0 heterocycles. The lowest BCUT2D eigenvalue weighted by molar-refractivity contribution is -0.139. The second-order valence-corrected chi connectivity index (χ2v) is 4.78. The van der Waals surface area contributed by atoms with Gasteiger partial charge in [-0.2, -0.15) is 13.2 Å². The quantitative estimate of drug-likeness (QED) is 0.928. The van der Waals surface area contributed by atoms with Gasteiger partial charge in [-0.05, 0) is 30.5 Å². The predicted octanol–water partition coefficient (Wildman–Crippen LogP) is 2.26. The number of benzene rings is 1. The Morgan fingerprint density at radius 2 is 2.05 bits per heavy atom. The van der Waals surface area contributed by atoms with Crippen LogP contribution in [-0.4, -0.2) is 31.0 Å². The van der Waals surface area contributed by atoms with Gasteiger partial charge in [-0.25, -0.2) is 0 Å². The van der Waals surface area contributed by atoms with Gasteiger partial charge in [0.05, 0.1) is 0 Å². The Hall–Kier alpha value is -2.05. The number of ketones is 1. The molecule has 1 amide bonds. The lowest BCUT2D eigenvalue weighted by atomic mass is 9.90. The molecule has 114 valence electrons. The van der Waals surface area contributed by atoms with E-state index < -0.39 is 25.2 Å². The second-order valence-electron chi connectivity index (χ2n) is 4.78. The smallest absolute Gasteiger partial charge is 0.405 e. The number of fused-ring (bicyclic) bond motifs is 1.